The maximum absolute atomic E-state index is 4.20. The Kier molecular flexibility index (Phi) is 4.78. The van der Waals surface area contributed by atoms with Crippen LogP contribution in [0.5, 0.6) is 0 Å². The Morgan fingerprint density at radius 1 is 1.39 bits per heavy atom. The van der Waals surface area contributed by atoms with Crippen LogP contribution in [0, 0.1) is 0 Å². The Balaban J connectivity index is 2.31. The molecule has 2 aromatic heterocycles. The van der Waals surface area contributed by atoms with Crippen molar-refractivity contribution in [2.24, 2.45) is 0 Å². The Hall–Kier alpha value is -1.33. The van der Waals surface area contributed by atoms with Gasteiger partial charge in [-0.2, -0.15) is 0 Å². The van der Waals surface area contributed by atoms with Crippen molar-refractivity contribution in [3.8, 4) is 0 Å². The minimum Gasteiger partial charge on any atom is -0.305 e. The van der Waals surface area contributed by atoms with Crippen LogP contribution in [0.2, 0.25) is 0 Å². The molecule has 96 valence electrons. The second-order valence-corrected chi connectivity index (χ2v) is 4.90. The lowest BCUT2D eigenvalue weighted by Gasteiger charge is -2.17. The number of nitrogens with zero attached hydrogens (tertiary/aromatic N) is 3. The zero-order valence-electron chi connectivity index (χ0n) is 10.8. The second kappa shape index (κ2) is 6.56. The summed E-state index contributed by atoms with van der Waals surface area (Å²) in [6.07, 6.45) is 5.72. The summed E-state index contributed by atoms with van der Waals surface area (Å²) in [7, 11) is 0. The van der Waals surface area contributed by atoms with E-state index < -0.39 is 0 Å². The summed E-state index contributed by atoms with van der Waals surface area (Å²) in [6, 6.07) is 4.23. The molecule has 1 atom stereocenters. The van der Waals surface area contributed by atoms with Gasteiger partial charge in [0.15, 0.2) is 0 Å². The summed E-state index contributed by atoms with van der Waals surface area (Å²) in [5.74, 6) is 0. The van der Waals surface area contributed by atoms with Crippen LogP contribution in [-0.4, -0.2) is 21.1 Å². The average Bonchev–Trinajstić information content (AvgIpc) is 2.89. The fraction of sp³-hybridized carbons (Fsp3) is 0.462. The zero-order chi connectivity index (χ0) is 12.8. The molecule has 5 heteroatoms. The first-order valence-corrected chi connectivity index (χ1v) is 7.08. The van der Waals surface area contributed by atoms with E-state index in [9.17, 15) is 0 Å². The van der Waals surface area contributed by atoms with Crippen LogP contribution in [0.15, 0.2) is 24.5 Å². The molecule has 0 amide bonds. The fourth-order valence-electron chi connectivity index (χ4n) is 1.88. The van der Waals surface area contributed by atoms with Gasteiger partial charge in [-0.25, -0.2) is 0 Å². The van der Waals surface area contributed by atoms with Gasteiger partial charge in [0.2, 0.25) is 0 Å². The van der Waals surface area contributed by atoms with E-state index in [1.165, 1.54) is 22.0 Å². The van der Waals surface area contributed by atoms with E-state index in [1.807, 2.05) is 12.3 Å². The van der Waals surface area contributed by atoms with Crippen molar-refractivity contribution in [3.05, 3.63) is 40.7 Å². The predicted molar refractivity (Wildman–Crippen MR) is 73.7 cm³/mol. The molecule has 2 rings (SSSR count). The number of aromatic nitrogens is 3. The molecule has 4 nitrogen and oxygen atoms in total. The van der Waals surface area contributed by atoms with Gasteiger partial charge in [-0.05, 0) is 42.5 Å². The third-order valence-electron chi connectivity index (χ3n) is 2.80. The van der Waals surface area contributed by atoms with Crippen molar-refractivity contribution in [2.75, 3.05) is 6.54 Å². The van der Waals surface area contributed by atoms with E-state index in [1.54, 1.807) is 6.20 Å². The number of hydrogen-bond donors (Lipinski definition) is 1. The Morgan fingerprint density at radius 2 is 2.28 bits per heavy atom. The molecule has 0 aliphatic carbocycles. The second-order valence-electron chi connectivity index (χ2n) is 4.11. The van der Waals surface area contributed by atoms with E-state index >= 15 is 0 Å². The maximum Gasteiger partial charge on any atom is 0.0804 e. The minimum atomic E-state index is 0.161. The topological polar surface area (TPSA) is 50.7 Å². The Bertz CT molecular complexity index is 469. The van der Waals surface area contributed by atoms with Crippen molar-refractivity contribution < 1.29 is 0 Å². The highest BCUT2D eigenvalue weighted by Gasteiger charge is 2.19. The van der Waals surface area contributed by atoms with Gasteiger partial charge in [0.25, 0.3) is 0 Å². The summed E-state index contributed by atoms with van der Waals surface area (Å²) in [6.45, 7) is 5.25. The third kappa shape index (κ3) is 2.91. The molecule has 0 bridgehead atoms. The zero-order valence-corrected chi connectivity index (χ0v) is 11.6. The highest BCUT2D eigenvalue weighted by atomic mass is 32.1. The molecule has 0 saturated heterocycles. The smallest absolute Gasteiger partial charge is 0.0804 e. The number of nitrogens with one attached hydrogen (secondary N) is 1. The monoisotopic (exact) mass is 262 g/mol. The summed E-state index contributed by atoms with van der Waals surface area (Å²) in [4.78, 5) is 5.41. The highest BCUT2D eigenvalue weighted by molar-refractivity contribution is 7.05. The lowest BCUT2D eigenvalue weighted by Crippen LogP contribution is -2.23. The largest absolute Gasteiger partial charge is 0.305 e. The molecule has 1 unspecified atom stereocenters. The van der Waals surface area contributed by atoms with E-state index in [-0.39, 0.29) is 6.04 Å². The van der Waals surface area contributed by atoms with Crippen LogP contribution in [0.4, 0.5) is 0 Å². The van der Waals surface area contributed by atoms with Crippen molar-refractivity contribution in [2.45, 2.75) is 32.7 Å². The van der Waals surface area contributed by atoms with E-state index in [0.717, 1.165) is 25.1 Å². The molecule has 0 aliphatic heterocycles. The van der Waals surface area contributed by atoms with E-state index in [4.69, 9.17) is 0 Å². The number of pyridine rings is 1. The number of aryl methyl sites for hydroxylation is 1. The van der Waals surface area contributed by atoms with Crippen molar-refractivity contribution in [1.29, 1.82) is 0 Å². The number of hydrogen-bond acceptors (Lipinski definition) is 5. The molecule has 2 heterocycles. The highest BCUT2D eigenvalue weighted by Crippen LogP contribution is 2.26. The molecule has 1 N–H and O–H groups in total. The summed E-state index contributed by atoms with van der Waals surface area (Å²) in [5.41, 5.74) is 2.25. The van der Waals surface area contributed by atoms with Gasteiger partial charge >= 0.3 is 0 Å². The van der Waals surface area contributed by atoms with Gasteiger partial charge in [-0.3, -0.25) is 4.98 Å². The summed E-state index contributed by atoms with van der Waals surface area (Å²) < 4.78 is 4.08. The average molecular weight is 262 g/mol. The summed E-state index contributed by atoms with van der Waals surface area (Å²) in [5, 5.41) is 7.75. The predicted octanol–water partition coefficient (Wildman–Crippen LogP) is 2.58. The van der Waals surface area contributed by atoms with Crippen LogP contribution in [0.25, 0.3) is 0 Å². The normalized spacial score (nSPS) is 12.6. The third-order valence-corrected chi connectivity index (χ3v) is 3.63. The molecule has 0 aliphatic rings. The van der Waals surface area contributed by atoms with Gasteiger partial charge in [-0.1, -0.05) is 24.4 Å². The van der Waals surface area contributed by atoms with Crippen LogP contribution < -0.4 is 5.32 Å². The maximum atomic E-state index is 4.20. The molecule has 0 spiro atoms. The first kappa shape index (κ1) is 13.1. The molecular weight excluding hydrogens is 244 g/mol. The number of rotatable bonds is 6. The molecular formula is C13H18N4S. The van der Waals surface area contributed by atoms with E-state index in [0.29, 0.717) is 0 Å². The SMILES string of the molecule is CCCNC(c1cccnc1)c1snnc1CC. The van der Waals surface area contributed by atoms with Crippen LogP contribution in [0.1, 0.15) is 42.4 Å². The molecule has 0 aromatic carbocycles. The minimum absolute atomic E-state index is 0.161. The summed E-state index contributed by atoms with van der Waals surface area (Å²) >= 11 is 1.48. The first-order chi connectivity index (χ1) is 8.86. The van der Waals surface area contributed by atoms with Crippen LogP contribution in [0.3, 0.4) is 0 Å². The van der Waals surface area contributed by atoms with Crippen LogP contribution in [-0.2, 0) is 6.42 Å². The van der Waals surface area contributed by atoms with Gasteiger partial charge in [-0.15, -0.1) is 5.10 Å². The van der Waals surface area contributed by atoms with Crippen molar-refractivity contribution in [1.82, 2.24) is 19.9 Å². The molecule has 2 aromatic rings. The van der Waals surface area contributed by atoms with E-state index in [2.05, 4.69) is 39.8 Å². The lowest BCUT2D eigenvalue weighted by atomic mass is 10.1. The molecule has 0 radical (unpaired) electrons. The lowest BCUT2D eigenvalue weighted by molar-refractivity contribution is 0.599. The van der Waals surface area contributed by atoms with Crippen molar-refractivity contribution in [3.63, 3.8) is 0 Å². The van der Waals surface area contributed by atoms with Gasteiger partial charge in [0.1, 0.15) is 0 Å². The fourth-order valence-corrected chi connectivity index (χ4v) is 2.72. The molecule has 0 fully saturated rings. The first-order valence-electron chi connectivity index (χ1n) is 6.31. The molecule has 18 heavy (non-hydrogen) atoms. The quantitative estimate of drug-likeness (QED) is 0.869. The van der Waals surface area contributed by atoms with Crippen molar-refractivity contribution >= 4 is 11.5 Å². The van der Waals surface area contributed by atoms with Gasteiger partial charge in [0.05, 0.1) is 16.6 Å². The Morgan fingerprint density at radius 3 is 2.94 bits per heavy atom. The molecule has 0 saturated carbocycles. The Labute approximate surface area is 112 Å². The van der Waals surface area contributed by atoms with Gasteiger partial charge < -0.3 is 5.32 Å². The van der Waals surface area contributed by atoms with Gasteiger partial charge in [0, 0.05) is 12.4 Å². The van der Waals surface area contributed by atoms with Crippen LogP contribution >= 0.6 is 11.5 Å². The standard InChI is InChI=1S/C13H18N4S/c1-3-7-15-12(10-6-5-8-14-9-10)13-11(4-2)16-17-18-13/h5-6,8-9,12,15H,3-4,7H2,1-2H3.